The van der Waals surface area contributed by atoms with Crippen LogP contribution in [0.3, 0.4) is 0 Å². The quantitative estimate of drug-likeness (QED) is 0.850. The summed E-state index contributed by atoms with van der Waals surface area (Å²) in [4.78, 5) is 27.3. The van der Waals surface area contributed by atoms with Gasteiger partial charge in [0, 0.05) is 6.04 Å². The molecule has 0 bridgehead atoms. The summed E-state index contributed by atoms with van der Waals surface area (Å²) >= 11 is 0. The van der Waals surface area contributed by atoms with E-state index in [0.29, 0.717) is 11.8 Å². The van der Waals surface area contributed by atoms with Crippen LogP contribution < -0.4 is 5.32 Å². The lowest BCUT2D eigenvalue weighted by Crippen LogP contribution is -2.67. The van der Waals surface area contributed by atoms with E-state index in [1.54, 1.807) is 0 Å². The number of amides is 2. The zero-order valence-corrected chi connectivity index (χ0v) is 13.3. The van der Waals surface area contributed by atoms with E-state index in [9.17, 15) is 9.59 Å². The molecule has 2 aliphatic carbocycles. The van der Waals surface area contributed by atoms with Gasteiger partial charge in [-0.3, -0.25) is 9.59 Å². The van der Waals surface area contributed by atoms with Gasteiger partial charge in [0.15, 0.2) is 0 Å². The molecule has 1 saturated heterocycles. The number of carbonyl (C=O) groups is 2. The van der Waals surface area contributed by atoms with Crippen LogP contribution in [0, 0.1) is 11.8 Å². The Morgan fingerprint density at radius 1 is 0.952 bits per heavy atom. The van der Waals surface area contributed by atoms with E-state index in [1.165, 1.54) is 32.1 Å². The van der Waals surface area contributed by atoms with Crippen molar-refractivity contribution >= 4 is 11.8 Å². The lowest BCUT2D eigenvalue weighted by Gasteiger charge is -2.45. The van der Waals surface area contributed by atoms with Crippen LogP contribution in [0.2, 0.25) is 0 Å². The molecule has 0 aromatic carbocycles. The minimum absolute atomic E-state index is 0.0456. The Morgan fingerprint density at radius 2 is 1.67 bits per heavy atom. The van der Waals surface area contributed by atoms with Crippen LogP contribution in [0.1, 0.15) is 65.2 Å². The van der Waals surface area contributed by atoms with Crippen LogP contribution in [0.15, 0.2) is 0 Å². The minimum atomic E-state index is -0.303. The van der Waals surface area contributed by atoms with E-state index in [4.69, 9.17) is 0 Å². The lowest BCUT2D eigenvalue weighted by atomic mass is 9.81. The molecule has 0 spiro atoms. The molecule has 0 aromatic rings. The van der Waals surface area contributed by atoms with Crippen molar-refractivity contribution < 1.29 is 9.59 Å². The molecule has 4 unspecified atom stereocenters. The van der Waals surface area contributed by atoms with Crippen molar-refractivity contribution in [3.05, 3.63) is 0 Å². The Hall–Kier alpha value is -1.06. The maximum Gasteiger partial charge on any atom is 0.246 e. The zero-order valence-electron chi connectivity index (χ0n) is 13.3. The number of nitrogens with one attached hydrogen (secondary N) is 1. The second-order valence-electron chi connectivity index (χ2n) is 7.28. The standard InChI is InChI=1S/C17H28N2O2/c1-11-7-6-10-14(11)19-12(2)16(20)18-15(17(19)21)13-8-4-3-5-9-13/h11-15H,3-10H2,1-2H3,(H,18,20). The van der Waals surface area contributed by atoms with Gasteiger partial charge < -0.3 is 10.2 Å². The number of rotatable bonds is 2. The van der Waals surface area contributed by atoms with Crippen LogP contribution in [0.5, 0.6) is 0 Å². The molecule has 2 saturated carbocycles. The average molecular weight is 292 g/mol. The van der Waals surface area contributed by atoms with Gasteiger partial charge in [-0.2, -0.15) is 0 Å². The molecule has 118 valence electrons. The highest BCUT2D eigenvalue weighted by atomic mass is 16.2. The topological polar surface area (TPSA) is 49.4 Å². The summed E-state index contributed by atoms with van der Waals surface area (Å²) < 4.78 is 0. The average Bonchev–Trinajstić information content (AvgIpc) is 2.90. The van der Waals surface area contributed by atoms with Gasteiger partial charge in [0.1, 0.15) is 12.1 Å². The highest BCUT2D eigenvalue weighted by Gasteiger charge is 2.46. The van der Waals surface area contributed by atoms with Crippen LogP contribution in [-0.4, -0.2) is 34.8 Å². The normalized spacial score (nSPS) is 38.7. The summed E-state index contributed by atoms with van der Waals surface area (Å²) in [5.74, 6) is 1.10. The summed E-state index contributed by atoms with van der Waals surface area (Å²) in [6.07, 6.45) is 9.24. The lowest BCUT2D eigenvalue weighted by molar-refractivity contribution is -0.154. The van der Waals surface area contributed by atoms with Gasteiger partial charge >= 0.3 is 0 Å². The third-order valence-electron chi connectivity index (χ3n) is 5.91. The largest absolute Gasteiger partial charge is 0.342 e. The summed E-state index contributed by atoms with van der Waals surface area (Å²) in [6, 6.07) is -0.297. The molecule has 4 atom stereocenters. The zero-order chi connectivity index (χ0) is 15.0. The fraction of sp³-hybridized carbons (Fsp3) is 0.882. The molecular formula is C17H28N2O2. The van der Waals surface area contributed by atoms with E-state index in [1.807, 2.05) is 11.8 Å². The predicted octanol–water partition coefficient (Wildman–Crippen LogP) is 2.47. The number of piperazine rings is 1. The fourth-order valence-corrected chi connectivity index (χ4v) is 4.59. The van der Waals surface area contributed by atoms with E-state index >= 15 is 0 Å². The first-order valence-electron chi connectivity index (χ1n) is 8.72. The first kappa shape index (κ1) is 14.9. The number of carbonyl (C=O) groups excluding carboxylic acids is 2. The Bertz CT molecular complexity index is 417. The third kappa shape index (κ3) is 2.69. The van der Waals surface area contributed by atoms with Gasteiger partial charge in [-0.25, -0.2) is 0 Å². The Labute approximate surface area is 127 Å². The molecule has 1 N–H and O–H groups in total. The van der Waals surface area contributed by atoms with E-state index in [-0.39, 0.29) is 29.9 Å². The molecule has 3 rings (SSSR count). The molecule has 2 amide bonds. The monoisotopic (exact) mass is 292 g/mol. The van der Waals surface area contributed by atoms with Gasteiger partial charge in [-0.15, -0.1) is 0 Å². The summed E-state index contributed by atoms with van der Waals surface area (Å²) in [6.45, 7) is 4.11. The van der Waals surface area contributed by atoms with Crippen molar-refractivity contribution in [1.82, 2.24) is 10.2 Å². The second kappa shape index (κ2) is 5.98. The molecule has 0 aromatic heterocycles. The fourth-order valence-electron chi connectivity index (χ4n) is 4.59. The molecule has 4 nitrogen and oxygen atoms in total. The molecular weight excluding hydrogens is 264 g/mol. The third-order valence-corrected chi connectivity index (χ3v) is 5.91. The second-order valence-corrected chi connectivity index (χ2v) is 7.28. The van der Waals surface area contributed by atoms with Gasteiger partial charge in [-0.05, 0) is 44.4 Å². The number of nitrogens with zero attached hydrogens (tertiary/aromatic N) is 1. The van der Waals surface area contributed by atoms with Crippen LogP contribution in [0.25, 0.3) is 0 Å². The Kier molecular flexibility index (Phi) is 4.23. The minimum Gasteiger partial charge on any atom is -0.342 e. The van der Waals surface area contributed by atoms with E-state index in [0.717, 1.165) is 19.3 Å². The van der Waals surface area contributed by atoms with Crippen LogP contribution in [-0.2, 0) is 9.59 Å². The number of hydrogen-bond donors (Lipinski definition) is 1. The van der Waals surface area contributed by atoms with Gasteiger partial charge in [-0.1, -0.05) is 32.6 Å². The van der Waals surface area contributed by atoms with Crippen molar-refractivity contribution in [3.63, 3.8) is 0 Å². The highest BCUT2D eigenvalue weighted by molar-refractivity contribution is 5.97. The van der Waals surface area contributed by atoms with Crippen molar-refractivity contribution in [1.29, 1.82) is 0 Å². The van der Waals surface area contributed by atoms with Gasteiger partial charge in [0.2, 0.25) is 11.8 Å². The molecule has 21 heavy (non-hydrogen) atoms. The van der Waals surface area contributed by atoms with Crippen molar-refractivity contribution in [2.45, 2.75) is 83.3 Å². The van der Waals surface area contributed by atoms with E-state index in [2.05, 4.69) is 12.2 Å². The summed E-state index contributed by atoms with van der Waals surface area (Å²) in [5.41, 5.74) is 0. The smallest absolute Gasteiger partial charge is 0.246 e. The Balaban J connectivity index is 1.80. The molecule has 0 radical (unpaired) electrons. The maximum absolute atomic E-state index is 13.0. The Morgan fingerprint density at radius 3 is 2.29 bits per heavy atom. The highest BCUT2D eigenvalue weighted by Crippen LogP contribution is 2.35. The molecule has 3 fully saturated rings. The first-order chi connectivity index (χ1) is 10.1. The molecule has 1 aliphatic heterocycles. The van der Waals surface area contributed by atoms with Gasteiger partial charge in [0.05, 0.1) is 0 Å². The summed E-state index contributed by atoms with van der Waals surface area (Å²) in [7, 11) is 0. The van der Waals surface area contributed by atoms with Crippen LogP contribution >= 0.6 is 0 Å². The van der Waals surface area contributed by atoms with E-state index < -0.39 is 0 Å². The van der Waals surface area contributed by atoms with Crippen molar-refractivity contribution in [2.24, 2.45) is 11.8 Å². The number of hydrogen-bond acceptors (Lipinski definition) is 2. The van der Waals surface area contributed by atoms with Crippen molar-refractivity contribution in [3.8, 4) is 0 Å². The van der Waals surface area contributed by atoms with Crippen LogP contribution in [0.4, 0.5) is 0 Å². The van der Waals surface area contributed by atoms with Crippen molar-refractivity contribution in [2.75, 3.05) is 0 Å². The van der Waals surface area contributed by atoms with Gasteiger partial charge in [0.25, 0.3) is 0 Å². The molecule has 1 heterocycles. The molecule has 3 aliphatic rings. The summed E-state index contributed by atoms with van der Waals surface area (Å²) in [5, 5.41) is 3.02. The maximum atomic E-state index is 13.0. The first-order valence-corrected chi connectivity index (χ1v) is 8.72. The predicted molar refractivity (Wildman–Crippen MR) is 81.6 cm³/mol. The SMILES string of the molecule is CC1CCCC1N1C(=O)C(C2CCCCC2)NC(=O)C1C. The molecule has 4 heteroatoms.